The van der Waals surface area contributed by atoms with Crippen LogP contribution in [0, 0.1) is 0 Å². The van der Waals surface area contributed by atoms with Gasteiger partial charge in [0.1, 0.15) is 13.1 Å². The minimum Gasteiger partial charge on any atom is -0.480 e. The lowest BCUT2D eigenvalue weighted by Gasteiger charge is -2.22. The van der Waals surface area contributed by atoms with Gasteiger partial charge in [0.25, 0.3) is 0 Å². The summed E-state index contributed by atoms with van der Waals surface area (Å²) in [5, 5.41) is 9.91. The van der Waals surface area contributed by atoms with E-state index in [9.17, 15) is 35.9 Å². The molecule has 0 aromatic heterocycles. The van der Waals surface area contributed by atoms with Gasteiger partial charge in [-0.1, -0.05) is 0 Å². The Morgan fingerprint density at radius 3 is 1.95 bits per heavy atom. The van der Waals surface area contributed by atoms with Crippen molar-refractivity contribution in [2.45, 2.75) is 12.4 Å². The van der Waals surface area contributed by atoms with Gasteiger partial charge in [0.05, 0.1) is 13.1 Å². The summed E-state index contributed by atoms with van der Waals surface area (Å²) in [6.45, 7) is -5.69. The third kappa shape index (κ3) is 10.1. The van der Waals surface area contributed by atoms with Crippen molar-refractivity contribution >= 4 is 11.9 Å². The van der Waals surface area contributed by atoms with Crippen molar-refractivity contribution in [3.63, 3.8) is 0 Å². The Balaban J connectivity index is 4.42. The minimum atomic E-state index is -4.84. The maximum Gasteiger partial charge on any atom is 0.406 e. The Kier molecular flexibility index (Phi) is 6.06. The van der Waals surface area contributed by atoms with Gasteiger partial charge in [-0.2, -0.15) is 26.3 Å². The van der Waals surface area contributed by atoms with Gasteiger partial charge in [-0.25, -0.2) is 0 Å². The van der Waals surface area contributed by atoms with Crippen LogP contribution in [0.4, 0.5) is 26.3 Å². The number of nitrogens with one attached hydrogen (secondary N) is 1. The molecule has 19 heavy (non-hydrogen) atoms. The summed E-state index contributed by atoms with van der Waals surface area (Å²) in [4.78, 5) is 21.4. The summed E-state index contributed by atoms with van der Waals surface area (Å²) in [5.41, 5.74) is 0. The van der Waals surface area contributed by atoms with Gasteiger partial charge < -0.3 is 15.3 Å². The van der Waals surface area contributed by atoms with Crippen LogP contribution in [0.2, 0.25) is 0 Å². The van der Waals surface area contributed by atoms with Crippen LogP contribution in [-0.2, 0) is 9.59 Å². The summed E-state index contributed by atoms with van der Waals surface area (Å²) in [6, 6.07) is 0. The molecule has 0 aromatic rings. The number of amides is 1. The van der Waals surface area contributed by atoms with E-state index in [1.807, 2.05) is 0 Å². The van der Waals surface area contributed by atoms with E-state index in [0.29, 0.717) is 0 Å². The van der Waals surface area contributed by atoms with E-state index in [1.54, 1.807) is 5.32 Å². The molecular weight excluding hydrogens is 286 g/mol. The fourth-order valence-corrected chi connectivity index (χ4v) is 1.03. The van der Waals surface area contributed by atoms with Gasteiger partial charge in [-0.3, -0.25) is 9.59 Å². The van der Waals surface area contributed by atoms with Crippen LogP contribution in [0.3, 0.4) is 0 Å². The standard InChI is InChI=1S/C8H10F6N2O3/c9-7(10,11)3-15-1-5(17)16(2-6(18)19)4-8(12,13)14/h15H,1-4H2,(H,18,19). The smallest absolute Gasteiger partial charge is 0.406 e. The predicted octanol–water partition coefficient (Wildman–Crippen LogP) is 0.614. The highest BCUT2D eigenvalue weighted by molar-refractivity contribution is 5.82. The Morgan fingerprint density at radius 2 is 1.58 bits per heavy atom. The molecule has 0 saturated heterocycles. The second kappa shape index (κ2) is 6.59. The maximum atomic E-state index is 12.0. The number of rotatable bonds is 6. The second-order valence-corrected chi connectivity index (χ2v) is 3.48. The molecule has 1 amide bonds. The number of carbonyl (C=O) groups is 2. The lowest BCUT2D eigenvalue weighted by molar-refractivity contribution is -0.165. The number of nitrogens with zero attached hydrogens (tertiary/aromatic N) is 1. The molecule has 0 aliphatic rings. The van der Waals surface area contributed by atoms with Crippen LogP contribution in [-0.4, -0.2) is 60.4 Å². The Labute approximate surface area is 103 Å². The average Bonchev–Trinajstić information content (AvgIpc) is 2.11. The van der Waals surface area contributed by atoms with Crippen molar-refractivity contribution in [3.05, 3.63) is 0 Å². The van der Waals surface area contributed by atoms with Crippen molar-refractivity contribution < 1.29 is 41.0 Å². The molecule has 0 saturated carbocycles. The Bertz CT molecular complexity index is 327. The van der Waals surface area contributed by atoms with Crippen molar-refractivity contribution in [2.24, 2.45) is 0 Å². The van der Waals surface area contributed by atoms with Crippen LogP contribution in [0.25, 0.3) is 0 Å². The first-order valence-electron chi connectivity index (χ1n) is 4.74. The van der Waals surface area contributed by atoms with Gasteiger partial charge in [-0.05, 0) is 0 Å². The predicted molar refractivity (Wildman–Crippen MR) is 49.2 cm³/mol. The summed E-state index contributed by atoms with van der Waals surface area (Å²) < 4.78 is 71.3. The Morgan fingerprint density at radius 1 is 1.05 bits per heavy atom. The molecule has 0 heterocycles. The van der Waals surface area contributed by atoms with Gasteiger partial charge in [-0.15, -0.1) is 0 Å². The molecule has 0 rings (SSSR count). The van der Waals surface area contributed by atoms with Crippen LogP contribution in [0.15, 0.2) is 0 Å². The Hall–Kier alpha value is -1.52. The second-order valence-electron chi connectivity index (χ2n) is 3.48. The molecule has 0 atom stereocenters. The number of hydrogen-bond acceptors (Lipinski definition) is 3. The van der Waals surface area contributed by atoms with E-state index in [4.69, 9.17) is 5.11 Å². The van der Waals surface area contributed by atoms with Crippen LogP contribution < -0.4 is 5.32 Å². The van der Waals surface area contributed by atoms with E-state index in [1.165, 1.54) is 0 Å². The zero-order chi connectivity index (χ0) is 15.3. The number of halogens is 6. The van der Waals surface area contributed by atoms with Gasteiger partial charge in [0.2, 0.25) is 5.91 Å². The van der Waals surface area contributed by atoms with Crippen LogP contribution in [0.1, 0.15) is 0 Å². The van der Waals surface area contributed by atoms with Crippen molar-refractivity contribution in [2.75, 3.05) is 26.2 Å². The van der Waals surface area contributed by atoms with Crippen LogP contribution in [0.5, 0.6) is 0 Å². The molecule has 0 aromatic carbocycles. The lowest BCUT2D eigenvalue weighted by atomic mass is 10.4. The van der Waals surface area contributed by atoms with E-state index in [2.05, 4.69) is 0 Å². The van der Waals surface area contributed by atoms with E-state index >= 15 is 0 Å². The minimum absolute atomic E-state index is 0.0916. The fourth-order valence-electron chi connectivity index (χ4n) is 1.03. The number of hydrogen-bond donors (Lipinski definition) is 2. The van der Waals surface area contributed by atoms with Crippen molar-refractivity contribution in [1.29, 1.82) is 0 Å². The van der Waals surface area contributed by atoms with Gasteiger partial charge >= 0.3 is 18.3 Å². The SMILES string of the molecule is O=C(O)CN(CC(F)(F)F)C(=O)CNCC(F)(F)F. The molecule has 2 N–H and O–H groups in total. The number of alkyl halides is 6. The van der Waals surface area contributed by atoms with E-state index < -0.39 is 50.4 Å². The average molecular weight is 296 g/mol. The molecule has 11 heteroatoms. The number of aliphatic carboxylic acids is 1. The summed E-state index contributed by atoms with van der Waals surface area (Å²) in [6.07, 6.45) is -9.46. The zero-order valence-electron chi connectivity index (χ0n) is 9.31. The fraction of sp³-hybridized carbons (Fsp3) is 0.750. The molecule has 0 bridgehead atoms. The maximum absolute atomic E-state index is 12.0. The number of carbonyl (C=O) groups excluding carboxylic acids is 1. The molecule has 0 spiro atoms. The molecular formula is C8H10F6N2O3. The van der Waals surface area contributed by atoms with Crippen LogP contribution >= 0.6 is 0 Å². The highest BCUT2D eigenvalue weighted by Crippen LogP contribution is 2.16. The quantitative estimate of drug-likeness (QED) is 0.705. The van der Waals surface area contributed by atoms with Gasteiger partial charge in [0.15, 0.2) is 0 Å². The van der Waals surface area contributed by atoms with Crippen molar-refractivity contribution in [1.82, 2.24) is 10.2 Å². The summed E-state index contributed by atoms with van der Waals surface area (Å²) in [7, 11) is 0. The van der Waals surface area contributed by atoms with Gasteiger partial charge in [0, 0.05) is 0 Å². The number of carboxylic acids is 1. The monoisotopic (exact) mass is 296 g/mol. The zero-order valence-corrected chi connectivity index (χ0v) is 9.31. The first kappa shape index (κ1) is 17.5. The molecule has 112 valence electrons. The molecule has 0 aliphatic heterocycles. The largest absolute Gasteiger partial charge is 0.480 e. The van der Waals surface area contributed by atoms with Crippen molar-refractivity contribution in [3.8, 4) is 0 Å². The van der Waals surface area contributed by atoms with E-state index in [0.717, 1.165) is 0 Å². The summed E-state index contributed by atoms with van der Waals surface area (Å²) in [5.74, 6) is -3.09. The van der Waals surface area contributed by atoms with E-state index in [-0.39, 0.29) is 4.90 Å². The molecule has 0 unspecified atom stereocenters. The highest BCUT2D eigenvalue weighted by Gasteiger charge is 2.34. The number of carboxylic acid groups (broad SMARTS) is 1. The lowest BCUT2D eigenvalue weighted by Crippen LogP contribution is -2.46. The molecule has 0 aliphatic carbocycles. The topological polar surface area (TPSA) is 69.6 Å². The molecule has 5 nitrogen and oxygen atoms in total. The normalized spacial score (nSPS) is 12.3. The third-order valence-corrected chi connectivity index (χ3v) is 1.65. The third-order valence-electron chi connectivity index (χ3n) is 1.65. The first-order valence-corrected chi connectivity index (χ1v) is 4.74. The molecule has 0 fully saturated rings. The summed E-state index contributed by atoms with van der Waals surface area (Å²) >= 11 is 0. The highest BCUT2D eigenvalue weighted by atomic mass is 19.4. The molecule has 0 radical (unpaired) electrons. The first-order chi connectivity index (χ1) is 8.41.